The smallest absolute Gasteiger partial charge is 0.407 e. The predicted molar refractivity (Wildman–Crippen MR) is 179 cm³/mol. The maximum Gasteiger partial charge on any atom is 0.407 e. The molecule has 0 saturated heterocycles. The summed E-state index contributed by atoms with van der Waals surface area (Å²) in [5, 5.41) is 17.3. The van der Waals surface area contributed by atoms with Gasteiger partial charge in [0.15, 0.2) is 5.85 Å². The summed E-state index contributed by atoms with van der Waals surface area (Å²) >= 11 is 0. The van der Waals surface area contributed by atoms with Crippen LogP contribution < -0.4 is 15.4 Å². The van der Waals surface area contributed by atoms with Gasteiger partial charge >= 0.3 is 13.7 Å². The number of fused-ring (bicyclic) bond motifs is 1. The monoisotopic (exact) mass is 681 g/mol. The zero-order valence-electron chi connectivity index (χ0n) is 28.7. The van der Waals surface area contributed by atoms with Gasteiger partial charge in [-0.3, -0.25) is 14.2 Å². The van der Waals surface area contributed by atoms with Crippen molar-refractivity contribution < 1.29 is 42.6 Å². The van der Waals surface area contributed by atoms with Gasteiger partial charge in [0.1, 0.15) is 18.4 Å². The average molecular weight is 682 g/mol. The first-order valence-electron chi connectivity index (χ1n) is 17.4. The molecule has 2 aliphatic rings. The van der Waals surface area contributed by atoms with E-state index in [-0.39, 0.29) is 44.5 Å². The molecule has 3 N–H and O–H groups in total. The summed E-state index contributed by atoms with van der Waals surface area (Å²) in [6.45, 7) is 8.14. The Hall–Kier alpha value is -2.66. The summed E-state index contributed by atoms with van der Waals surface area (Å²) < 4.78 is 36.0. The molecule has 1 aliphatic carbocycles. The van der Waals surface area contributed by atoms with E-state index in [1.165, 1.54) is 6.92 Å². The number of carbonyl (C=O) groups excluding carboxylic acids is 3. The molecule has 3 amide bonds. The van der Waals surface area contributed by atoms with E-state index in [0.717, 1.165) is 62.7 Å². The Labute approximate surface area is 280 Å². The average Bonchev–Trinajstić information content (AvgIpc) is 3.28. The minimum atomic E-state index is -4.16. The van der Waals surface area contributed by atoms with Gasteiger partial charge in [0.05, 0.1) is 31.9 Å². The molecular formula is C34H56N3O9P. The fraction of sp³-hybridized carbons (Fsp3) is 0.735. The van der Waals surface area contributed by atoms with Crippen molar-refractivity contribution in [2.24, 2.45) is 5.92 Å². The van der Waals surface area contributed by atoms with Gasteiger partial charge in [0.2, 0.25) is 11.8 Å². The predicted octanol–water partition coefficient (Wildman–Crippen LogP) is 5.90. The van der Waals surface area contributed by atoms with Crippen LogP contribution in [0.2, 0.25) is 0 Å². The van der Waals surface area contributed by atoms with Crippen molar-refractivity contribution in [2.75, 3.05) is 33.0 Å². The molecule has 3 rings (SSSR count). The van der Waals surface area contributed by atoms with Crippen molar-refractivity contribution in [3.8, 4) is 5.75 Å². The number of aliphatic hydroxyl groups excluding tert-OH is 1. The lowest BCUT2D eigenvalue weighted by Crippen LogP contribution is -2.60. The van der Waals surface area contributed by atoms with Crippen molar-refractivity contribution in [2.45, 2.75) is 122 Å². The third-order valence-electron chi connectivity index (χ3n) is 8.94. The number of nitrogens with one attached hydrogen (secondary N) is 2. The molecule has 1 fully saturated rings. The van der Waals surface area contributed by atoms with Crippen LogP contribution >= 0.6 is 7.60 Å². The third kappa shape index (κ3) is 11.8. The molecule has 12 nitrogen and oxygen atoms in total. The fourth-order valence-corrected chi connectivity index (χ4v) is 8.23. The van der Waals surface area contributed by atoms with Crippen LogP contribution in [0.15, 0.2) is 24.3 Å². The topological polar surface area (TPSA) is 153 Å². The fourth-order valence-electron chi connectivity index (χ4n) is 6.26. The molecule has 47 heavy (non-hydrogen) atoms. The molecule has 1 aromatic rings. The van der Waals surface area contributed by atoms with Gasteiger partial charge in [-0.2, -0.15) is 0 Å². The number of aliphatic hydroxyl groups is 1. The highest BCUT2D eigenvalue weighted by Crippen LogP contribution is 2.56. The molecule has 0 spiro atoms. The lowest BCUT2D eigenvalue weighted by molar-refractivity contribution is -0.133. The number of alkyl carbamates (subject to hydrolysis) is 1. The van der Waals surface area contributed by atoms with E-state index in [1.54, 1.807) is 18.7 Å². The summed E-state index contributed by atoms with van der Waals surface area (Å²) in [5.41, 5.74) is -0.741. The van der Waals surface area contributed by atoms with Crippen molar-refractivity contribution >= 4 is 25.5 Å². The largest absolute Gasteiger partial charge is 0.491 e. The molecule has 1 heterocycles. The molecule has 3 atom stereocenters. The zero-order chi connectivity index (χ0) is 34.3. The standard InChI is InChI=1S/C34H56N3O9P/c1-5-8-14-22-44-33(41)35-28(24-26-15-10-9-11-16-26)31(39)36-34(4,32(40)47(42,45-6-2)46-7-3)20-19-30(38)37-21-23-43-29-18-13-12-17-27(29)25-37/h12-13,17-18,26,28,32,40H,5-11,14-16,19-25H2,1-4H3,(H,35,41)(H,36,39)/t28-,32?,34?/m0/s1. The highest BCUT2D eigenvalue weighted by atomic mass is 31.2. The van der Waals surface area contributed by atoms with Crippen molar-refractivity contribution in [1.82, 2.24) is 15.5 Å². The first-order chi connectivity index (χ1) is 22.5. The number of nitrogens with zero attached hydrogens (tertiary/aromatic N) is 1. The first-order valence-corrected chi connectivity index (χ1v) is 19.0. The van der Waals surface area contributed by atoms with Crippen LogP contribution in [0.5, 0.6) is 5.75 Å². The first kappa shape index (κ1) is 38.8. The van der Waals surface area contributed by atoms with E-state index < -0.39 is 37.0 Å². The van der Waals surface area contributed by atoms with Crippen LogP contribution in [0.25, 0.3) is 0 Å². The molecule has 1 aromatic carbocycles. The van der Waals surface area contributed by atoms with E-state index in [4.69, 9.17) is 18.5 Å². The van der Waals surface area contributed by atoms with Gasteiger partial charge in [-0.15, -0.1) is 0 Å². The van der Waals surface area contributed by atoms with Crippen molar-refractivity contribution in [3.05, 3.63) is 29.8 Å². The summed E-state index contributed by atoms with van der Waals surface area (Å²) in [6.07, 6.45) is 7.31. The van der Waals surface area contributed by atoms with Crippen LogP contribution in [-0.2, 0) is 34.5 Å². The van der Waals surface area contributed by atoms with E-state index >= 15 is 0 Å². The highest BCUT2D eigenvalue weighted by Gasteiger charge is 2.49. The highest BCUT2D eigenvalue weighted by molar-refractivity contribution is 7.54. The summed E-state index contributed by atoms with van der Waals surface area (Å²) in [4.78, 5) is 42.1. The lowest BCUT2D eigenvalue weighted by Gasteiger charge is -2.39. The number of amides is 3. The Morgan fingerprint density at radius 2 is 1.79 bits per heavy atom. The van der Waals surface area contributed by atoms with Gasteiger partial charge in [0, 0.05) is 18.5 Å². The molecule has 266 valence electrons. The molecule has 1 aliphatic heterocycles. The summed E-state index contributed by atoms with van der Waals surface area (Å²) in [6, 6.07) is 6.57. The lowest BCUT2D eigenvalue weighted by atomic mass is 9.84. The molecule has 13 heteroatoms. The van der Waals surface area contributed by atoms with Crippen LogP contribution in [0.1, 0.15) is 104 Å². The van der Waals surface area contributed by atoms with E-state index in [0.29, 0.717) is 26.1 Å². The van der Waals surface area contributed by atoms with Crippen LogP contribution in [-0.4, -0.2) is 78.3 Å². The van der Waals surface area contributed by atoms with Gasteiger partial charge in [0.25, 0.3) is 0 Å². The van der Waals surface area contributed by atoms with E-state index in [9.17, 15) is 24.1 Å². The van der Waals surface area contributed by atoms with Crippen LogP contribution in [0.3, 0.4) is 0 Å². The minimum absolute atomic E-state index is 0.000212. The van der Waals surface area contributed by atoms with Crippen molar-refractivity contribution in [1.29, 1.82) is 0 Å². The molecule has 0 aromatic heterocycles. The van der Waals surface area contributed by atoms with Gasteiger partial charge in [-0.05, 0) is 52.0 Å². The number of carbonyl (C=O) groups is 3. The number of para-hydroxylation sites is 1. The minimum Gasteiger partial charge on any atom is -0.491 e. The molecule has 0 bridgehead atoms. The second-order valence-corrected chi connectivity index (χ2v) is 14.8. The zero-order valence-corrected chi connectivity index (χ0v) is 29.6. The van der Waals surface area contributed by atoms with Crippen molar-refractivity contribution in [3.63, 3.8) is 0 Å². The SMILES string of the molecule is CCCCCOC(=O)N[C@@H](CC1CCCCC1)C(=O)NC(C)(CCC(=O)N1CCOc2ccccc2C1)C(O)P(=O)(OCC)OCC. The number of hydrogen-bond donors (Lipinski definition) is 3. The Balaban J connectivity index is 1.83. The van der Waals surface area contributed by atoms with Crippen LogP contribution in [0.4, 0.5) is 4.79 Å². The number of ether oxygens (including phenoxy) is 2. The maximum atomic E-state index is 14.0. The van der Waals surface area contributed by atoms with Gasteiger partial charge < -0.3 is 39.2 Å². The summed E-state index contributed by atoms with van der Waals surface area (Å²) in [7, 11) is -4.16. The second kappa shape index (κ2) is 19.4. The number of unbranched alkanes of at least 4 members (excludes halogenated alkanes) is 2. The molecule has 0 radical (unpaired) electrons. The Morgan fingerprint density at radius 1 is 1.09 bits per heavy atom. The Kier molecular flexibility index (Phi) is 16.0. The van der Waals surface area contributed by atoms with Gasteiger partial charge in [-0.1, -0.05) is 70.1 Å². The number of benzene rings is 1. The number of rotatable bonds is 18. The van der Waals surface area contributed by atoms with Crippen LogP contribution in [0, 0.1) is 5.92 Å². The third-order valence-corrected chi connectivity index (χ3v) is 11.3. The maximum absolute atomic E-state index is 14.0. The van der Waals surface area contributed by atoms with E-state index in [2.05, 4.69) is 17.6 Å². The second-order valence-electron chi connectivity index (χ2n) is 12.7. The Morgan fingerprint density at radius 3 is 2.47 bits per heavy atom. The number of hydrogen-bond acceptors (Lipinski definition) is 9. The molecule has 1 saturated carbocycles. The molecular weight excluding hydrogens is 625 g/mol. The summed E-state index contributed by atoms with van der Waals surface area (Å²) in [5.74, 6) is -1.62. The quantitative estimate of drug-likeness (QED) is 0.127. The van der Waals surface area contributed by atoms with Gasteiger partial charge in [-0.25, -0.2) is 4.79 Å². The Bertz CT molecular complexity index is 1190. The normalized spacial score (nSPS) is 18.1. The molecule has 2 unspecified atom stereocenters. The van der Waals surface area contributed by atoms with E-state index in [1.807, 2.05) is 24.3 Å².